The molecule has 0 aromatic heterocycles. The average Bonchev–Trinajstić information content (AvgIpc) is 2.49. The van der Waals surface area contributed by atoms with Gasteiger partial charge < -0.3 is 9.47 Å². The van der Waals surface area contributed by atoms with Crippen LogP contribution in [0.25, 0.3) is 0 Å². The molecule has 3 heteroatoms. The Balaban J connectivity index is 2.87. The van der Waals surface area contributed by atoms with Crippen LogP contribution in [0.5, 0.6) is 5.75 Å². The number of carbonyl (C=O) groups excluding carboxylic acids is 1. The number of rotatable bonds is 9. The largest absolute Gasteiger partial charge is 0.513 e. The molecule has 0 aliphatic rings. The minimum absolute atomic E-state index is 0.641. The number of methoxy groups -OCH3 is 1. The fraction of sp³-hybridized carbons (Fsp3) is 0.611. The highest BCUT2D eigenvalue weighted by molar-refractivity contribution is 5.64. The van der Waals surface area contributed by atoms with Crippen LogP contribution in [0.3, 0.4) is 0 Å². The zero-order chi connectivity index (χ0) is 15.5. The number of carbonyl (C=O) groups is 1. The second kappa shape index (κ2) is 10.3. The maximum Gasteiger partial charge on any atom is 0.513 e. The van der Waals surface area contributed by atoms with Crippen molar-refractivity contribution in [2.75, 3.05) is 7.11 Å². The number of unbranched alkanes of at least 4 members (excludes halogenated alkanes) is 4. The molecule has 0 aliphatic heterocycles. The number of hydrogen-bond acceptors (Lipinski definition) is 3. The monoisotopic (exact) mass is 292 g/mol. The van der Waals surface area contributed by atoms with E-state index in [-0.39, 0.29) is 0 Å². The highest BCUT2D eigenvalue weighted by Gasteiger charge is 2.13. The van der Waals surface area contributed by atoms with Crippen LogP contribution < -0.4 is 4.74 Å². The summed E-state index contributed by atoms with van der Waals surface area (Å²) in [6.07, 6.45) is 8.50. The predicted octanol–water partition coefficient (Wildman–Crippen LogP) is 5.30. The van der Waals surface area contributed by atoms with Gasteiger partial charge in [-0.25, -0.2) is 4.79 Å². The molecule has 118 valence electrons. The van der Waals surface area contributed by atoms with Gasteiger partial charge in [-0.1, -0.05) is 51.7 Å². The fourth-order valence-corrected chi connectivity index (χ4v) is 2.47. The van der Waals surface area contributed by atoms with Crippen LogP contribution >= 0.6 is 0 Å². The summed E-state index contributed by atoms with van der Waals surface area (Å²) in [4.78, 5) is 11.4. The zero-order valence-electron chi connectivity index (χ0n) is 13.6. The Kier molecular flexibility index (Phi) is 8.56. The van der Waals surface area contributed by atoms with E-state index in [1.54, 1.807) is 0 Å². The molecule has 0 atom stereocenters. The lowest BCUT2D eigenvalue weighted by molar-refractivity contribution is 0.121. The molecule has 0 bridgehead atoms. The van der Waals surface area contributed by atoms with Crippen LogP contribution in [0, 0.1) is 0 Å². The Labute approximate surface area is 128 Å². The molecule has 1 aromatic rings. The molecule has 0 saturated carbocycles. The van der Waals surface area contributed by atoms with E-state index in [2.05, 4.69) is 24.7 Å². The summed E-state index contributed by atoms with van der Waals surface area (Å²) in [5.74, 6) is 0.659. The van der Waals surface area contributed by atoms with E-state index >= 15 is 0 Å². The molecule has 1 rings (SSSR count). The summed E-state index contributed by atoms with van der Waals surface area (Å²) >= 11 is 0. The number of benzene rings is 1. The maximum atomic E-state index is 11.4. The first-order valence-corrected chi connectivity index (χ1v) is 8.09. The number of hydrogen-bond donors (Lipinski definition) is 0. The summed E-state index contributed by atoms with van der Waals surface area (Å²) in [6, 6.07) is 5.98. The van der Waals surface area contributed by atoms with Gasteiger partial charge >= 0.3 is 6.16 Å². The molecule has 0 spiro atoms. The molecule has 0 saturated heterocycles. The summed E-state index contributed by atoms with van der Waals surface area (Å²) in [6.45, 7) is 4.40. The van der Waals surface area contributed by atoms with Gasteiger partial charge in [-0.2, -0.15) is 0 Å². The molecule has 0 N–H and O–H groups in total. The Morgan fingerprint density at radius 2 is 1.67 bits per heavy atom. The van der Waals surface area contributed by atoms with Crippen LogP contribution in [0.2, 0.25) is 0 Å². The molecule has 0 amide bonds. The van der Waals surface area contributed by atoms with Gasteiger partial charge in [-0.15, -0.1) is 0 Å². The first-order valence-electron chi connectivity index (χ1n) is 8.09. The van der Waals surface area contributed by atoms with Crippen molar-refractivity contribution in [3.63, 3.8) is 0 Å². The third-order valence-corrected chi connectivity index (χ3v) is 3.67. The van der Waals surface area contributed by atoms with E-state index in [4.69, 9.17) is 4.74 Å². The molecule has 0 aliphatic carbocycles. The highest BCUT2D eigenvalue weighted by atomic mass is 16.7. The molecule has 0 radical (unpaired) electrons. The molecule has 21 heavy (non-hydrogen) atoms. The van der Waals surface area contributed by atoms with Crippen LogP contribution in [-0.2, 0) is 17.6 Å². The van der Waals surface area contributed by atoms with E-state index in [0.29, 0.717) is 5.75 Å². The van der Waals surface area contributed by atoms with E-state index in [9.17, 15) is 4.79 Å². The Hall–Kier alpha value is -1.51. The predicted molar refractivity (Wildman–Crippen MR) is 85.9 cm³/mol. The maximum absolute atomic E-state index is 11.4. The lowest BCUT2D eigenvalue weighted by atomic mass is 9.96. The van der Waals surface area contributed by atoms with Crippen molar-refractivity contribution in [1.82, 2.24) is 0 Å². The third kappa shape index (κ3) is 6.19. The van der Waals surface area contributed by atoms with Gasteiger partial charge in [-0.3, -0.25) is 0 Å². The van der Waals surface area contributed by atoms with Crippen molar-refractivity contribution in [1.29, 1.82) is 0 Å². The number of aryl methyl sites for hydroxylation is 1. The minimum atomic E-state index is -0.641. The second-order valence-electron chi connectivity index (χ2n) is 5.36. The molecule has 3 nitrogen and oxygen atoms in total. The molecule has 0 fully saturated rings. The molecular weight excluding hydrogens is 264 g/mol. The summed E-state index contributed by atoms with van der Waals surface area (Å²) in [7, 11) is 1.34. The van der Waals surface area contributed by atoms with Gasteiger partial charge in [0.2, 0.25) is 0 Å². The summed E-state index contributed by atoms with van der Waals surface area (Å²) < 4.78 is 9.92. The second-order valence-corrected chi connectivity index (χ2v) is 5.36. The molecule has 0 unspecified atom stereocenters. The van der Waals surface area contributed by atoms with Crippen LogP contribution in [-0.4, -0.2) is 13.3 Å². The van der Waals surface area contributed by atoms with Gasteiger partial charge in [0.1, 0.15) is 5.75 Å². The Bertz CT molecular complexity index is 426. The first kappa shape index (κ1) is 17.5. The van der Waals surface area contributed by atoms with Gasteiger partial charge in [0, 0.05) is 0 Å². The van der Waals surface area contributed by atoms with E-state index < -0.39 is 6.16 Å². The first-order chi connectivity index (χ1) is 10.2. The summed E-state index contributed by atoms with van der Waals surface area (Å²) in [5, 5.41) is 0. The normalized spacial score (nSPS) is 10.4. The van der Waals surface area contributed by atoms with Crippen LogP contribution in [0.1, 0.15) is 63.5 Å². The Morgan fingerprint density at radius 1 is 1.00 bits per heavy atom. The smallest absolute Gasteiger partial charge is 0.437 e. The van der Waals surface area contributed by atoms with E-state index in [1.807, 2.05) is 12.1 Å². The molecule has 0 heterocycles. The Morgan fingerprint density at radius 3 is 2.29 bits per heavy atom. The lowest BCUT2D eigenvalue weighted by Crippen LogP contribution is -2.10. The van der Waals surface area contributed by atoms with Crippen molar-refractivity contribution >= 4 is 6.16 Å². The van der Waals surface area contributed by atoms with E-state index in [0.717, 1.165) is 19.3 Å². The zero-order valence-corrected chi connectivity index (χ0v) is 13.6. The van der Waals surface area contributed by atoms with Crippen LogP contribution in [0.4, 0.5) is 4.79 Å². The van der Waals surface area contributed by atoms with Crippen molar-refractivity contribution in [2.24, 2.45) is 0 Å². The topological polar surface area (TPSA) is 35.5 Å². The fourth-order valence-electron chi connectivity index (χ4n) is 2.47. The number of ether oxygens (including phenoxy) is 2. The van der Waals surface area contributed by atoms with Gasteiger partial charge in [-0.05, 0) is 42.9 Å². The molecular formula is C18H28O3. The quantitative estimate of drug-likeness (QED) is 0.352. The van der Waals surface area contributed by atoms with Gasteiger partial charge in [0.25, 0.3) is 0 Å². The lowest BCUT2D eigenvalue weighted by Gasteiger charge is -2.14. The van der Waals surface area contributed by atoms with Gasteiger partial charge in [0.05, 0.1) is 7.11 Å². The SMILES string of the molecule is CCCCCc1cccc(OC(=O)OC)c1CCCCC. The van der Waals surface area contributed by atoms with Crippen molar-refractivity contribution in [2.45, 2.75) is 65.2 Å². The van der Waals surface area contributed by atoms with E-state index in [1.165, 1.54) is 50.3 Å². The van der Waals surface area contributed by atoms with Crippen molar-refractivity contribution in [3.8, 4) is 5.75 Å². The third-order valence-electron chi connectivity index (χ3n) is 3.67. The molecule has 1 aromatic carbocycles. The summed E-state index contributed by atoms with van der Waals surface area (Å²) in [5.41, 5.74) is 2.48. The highest BCUT2D eigenvalue weighted by Crippen LogP contribution is 2.26. The average molecular weight is 292 g/mol. The van der Waals surface area contributed by atoms with Crippen LogP contribution in [0.15, 0.2) is 18.2 Å². The van der Waals surface area contributed by atoms with Gasteiger partial charge in [0.15, 0.2) is 0 Å². The van der Waals surface area contributed by atoms with Crippen molar-refractivity contribution in [3.05, 3.63) is 29.3 Å². The standard InChI is InChI=1S/C18H28O3/c1-4-6-8-11-15-12-10-14-17(21-18(19)20-3)16(15)13-9-7-5-2/h10,12,14H,4-9,11,13H2,1-3H3. The van der Waals surface area contributed by atoms with Crippen molar-refractivity contribution < 1.29 is 14.3 Å². The minimum Gasteiger partial charge on any atom is -0.437 e.